The zero-order valence-corrected chi connectivity index (χ0v) is 13.4. The largest absolute Gasteiger partial charge is 0.393 e. The highest BCUT2D eigenvalue weighted by atomic mass is 32.1. The standard InChI is InChI=1S/C13H15NS.C5H10/c1-13(12(14)15)8-7-11(9-13)10-5-3-2-4-6-10;1-2-5-3-4-5/h2-7H,8-9H2,1H3,(H2,14,15);5H,2-4H2,1H3. The Labute approximate surface area is 128 Å². The Bertz CT molecular complexity index is 487. The van der Waals surface area contributed by atoms with E-state index in [1.165, 1.54) is 30.4 Å². The van der Waals surface area contributed by atoms with Crippen LogP contribution in [0.4, 0.5) is 0 Å². The van der Waals surface area contributed by atoms with E-state index in [0.717, 1.165) is 18.8 Å². The number of allylic oxidation sites excluding steroid dienone is 2. The third-order valence-electron chi connectivity index (χ3n) is 4.39. The smallest absolute Gasteiger partial charge is 0.0793 e. The van der Waals surface area contributed by atoms with Crippen LogP contribution in [-0.4, -0.2) is 4.99 Å². The van der Waals surface area contributed by atoms with E-state index in [1.54, 1.807) is 0 Å². The van der Waals surface area contributed by atoms with Crippen LogP contribution in [0.2, 0.25) is 0 Å². The van der Waals surface area contributed by atoms with Gasteiger partial charge >= 0.3 is 0 Å². The zero-order chi connectivity index (χ0) is 14.6. The number of nitrogens with two attached hydrogens (primary N) is 1. The van der Waals surface area contributed by atoms with Crippen LogP contribution in [0.5, 0.6) is 0 Å². The second kappa shape index (κ2) is 6.53. The van der Waals surface area contributed by atoms with E-state index >= 15 is 0 Å². The maximum atomic E-state index is 5.77. The van der Waals surface area contributed by atoms with Gasteiger partial charge in [0.05, 0.1) is 4.99 Å². The predicted octanol–water partition coefficient (Wildman–Crippen LogP) is 4.96. The summed E-state index contributed by atoms with van der Waals surface area (Å²) in [4.78, 5) is 0.629. The molecule has 2 heteroatoms. The van der Waals surface area contributed by atoms with Crippen molar-refractivity contribution in [3.63, 3.8) is 0 Å². The lowest BCUT2D eigenvalue weighted by Gasteiger charge is -2.22. The van der Waals surface area contributed by atoms with Gasteiger partial charge in [-0.05, 0) is 29.9 Å². The molecule has 1 saturated carbocycles. The van der Waals surface area contributed by atoms with E-state index in [4.69, 9.17) is 18.0 Å². The van der Waals surface area contributed by atoms with Crippen LogP contribution in [0.15, 0.2) is 36.4 Å². The van der Waals surface area contributed by atoms with Crippen molar-refractivity contribution in [1.29, 1.82) is 0 Å². The lowest BCUT2D eigenvalue weighted by atomic mass is 9.86. The van der Waals surface area contributed by atoms with Gasteiger partial charge in [0.1, 0.15) is 0 Å². The van der Waals surface area contributed by atoms with Gasteiger partial charge in [-0.1, -0.05) is 81.7 Å². The number of benzene rings is 1. The Morgan fingerprint density at radius 3 is 2.35 bits per heavy atom. The maximum absolute atomic E-state index is 5.77. The predicted molar refractivity (Wildman–Crippen MR) is 91.6 cm³/mol. The van der Waals surface area contributed by atoms with Crippen LogP contribution in [-0.2, 0) is 0 Å². The molecule has 0 radical (unpaired) electrons. The minimum absolute atomic E-state index is 0.0134. The molecule has 0 amide bonds. The first-order valence-corrected chi connectivity index (χ1v) is 8.00. The Hall–Kier alpha value is -1.15. The van der Waals surface area contributed by atoms with Crippen molar-refractivity contribution in [3.8, 4) is 0 Å². The van der Waals surface area contributed by atoms with Gasteiger partial charge in [0, 0.05) is 5.41 Å². The number of rotatable bonds is 3. The quantitative estimate of drug-likeness (QED) is 0.795. The monoisotopic (exact) mass is 287 g/mol. The summed E-state index contributed by atoms with van der Waals surface area (Å²) in [5.74, 6) is 1.13. The molecule has 0 saturated heterocycles. The second-order valence-corrected chi connectivity index (χ2v) is 6.69. The van der Waals surface area contributed by atoms with Gasteiger partial charge in [-0.15, -0.1) is 0 Å². The molecular weight excluding hydrogens is 262 g/mol. The van der Waals surface area contributed by atoms with E-state index in [0.29, 0.717) is 4.99 Å². The summed E-state index contributed by atoms with van der Waals surface area (Å²) in [6.45, 7) is 4.40. The van der Waals surface area contributed by atoms with Crippen molar-refractivity contribution in [3.05, 3.63) is 42.0 Å². The van der Waals surface area contributed by atoms with Gasteiger partial charge in [-0.2, -0.15) is 0 Å². The molecule has 1 unspecified atom stereocenters. The summed E-state index contributed by atoms with van der Waals surface area (Å²) in [5.41, 5.74) is 8.41. The molecule has 20 heavy (non-hydrogen) atoms. The Balaban J connectivity index is 0.000000247. The summed E-state index contributed by atoms with van der Waals surface area (Å²) in [5, 5.41) is 0. The molecule has 2 aliphatic carbocycles. The van der Waals surface area contributed by atoms with Crippen molar-refractivity contribution >= 4 is 22.8 Å². The average molecular weight is 287 g/mol. The molecular formula is C18H25NS. The van der Waals surface area contributed by atoms with E-state index in [1.807, 2.05) is 6.07 Å². The van der Waals surface area contributed by atoms with E-state index in [2.05, 4.69) is 44.2 Å². The van der Waals surface area contributed by atoms with Gasteiger partial charge in [0.2, 0.25) is 0 Å². The van der Waals surface area contributed by atoms with E-state index in [9.17, 15) is 0 Å². The lowest BCUT2D eigenvalue weighted by Crippen LogP contribution is -2.30. The van der Waals surface area contributed by atoms with Crippen LogP contribution >= 0.6 is 12.2 Å². The summed E-state index contributed by atoms with van der Waals surface area (Å²) < 4.78 is 0. The molecule has 1 aromatic rings. The van der Waals surface area contributed by atoms with Crippen LogP contribution in [0.3, 0.4) is 0 Å². The molecule has 0 aliphatic heterocycles. The summed E-state index contributed by atoms with van der Waals surface area (Å²) >= 11 is 5.12. The molecule has 0 aromatic heterocycles. The molecule has 2 aliphatic rings. The van der Waals surface area contributed by atoms with E-state index < -0.39 is 0 Å². The second-order valence-electron chi connectivity index (χ2n) is 6.25. The minimum atomic E-state index is -0.0134. The van der Waals surface area contributed by atoms with Crippen molar-refractivity contribution < 1.29 is 0 Å². The first-order chi connectivity index (χ1) is 9.55. The Morgan fingerprint density at radius 1 is 1.30 bits per heavy atom. The highest BCUT2D eigenvalue weighted by Gasteiger charge is 2.32. The van der Waals surface area contributed by atoms with Crippen LogP contribution in [0, 0.1) is 11.3 Å². The number of hydrogen-bond donors (Lipinski definition) is 1. The lowest BCUT2D eigenvalue weighted by molar-refractivity contribution is 0.516. The maximum Gasteiger partial charge on any atom is 0.0793 e. The highest BCUT2D eigenvalue weighted by molar-refractivity contribution is 7.80. The summed E-state index contributed by atoms with van der Waals surface area (Å²) in [6, 6.07) is 10.4. The fourth-order valence-electron chi connectivity index (χ4n) is 2.50. The van der Waals surface area contributed by atoms with Crippen LogP contribution in [0.1, 0.15) is 51.5 Å². The fraction of sp³-hybridized carbons (Fsp3) is 0.500. The summed E-state index contributed by atoms with van der Waals surface area (Å²) in [7, 11) is 0. The Kier molecular flexibility index (Phi) is 4.98. The van der Waals surface area contributed by atoms with Crippen molar-refractivity contribution in [1.82, 2.24) is 0 Å². The fourth-order valence-corrected chi connectivity index (χ4v) is 2.65. The molecule has 1 aromatic carbocycles. The molecule has 1 fully saturated rings. The SMILES string of the molecule is CC1(C(N)=S)CC=C(c2ccccc2)C1.CCC1CC1. The van der Waals surface area contributed by atoms with Crippen molar-refractivity contribution in [2.45, 2.75) is 46.0 Å². The van der Waals surface area contributed by atoms with Gasteiger partial charge in [0.15, 0.2) is 0 Å². The van der Waals surface area contributed by atoms with Gasteiger partial charge in [-0.25, -0.2) is 0 Å². The van der Waals surface area contributed by atoms with Gasteiger partial charge in [0.25, 0.3) is 0 Å². The normalized spacial score (nSPS) is 24.6. The molecule has 2 N–H and O–H groups in total. The van der Waals surface area contributed by atoms with Gasteiger partial charge < -0.3 is 5.73 Å². The van der Waals surface area contributed by atoms with Crippen LogP contribution < -0.4 is 5.73 Å². The number of thiocarbonyl (C=S) groups is 1. The highest BCUT2D eigenvalue weighted by Crippen LogP contribution is 2.41. The first-order valence-electron chi connectivity index (χ1n) is 7.59. The molecule has 0 spiro atoms. The topological polar surface area (TPSA) is 26.0 Å². The zero-order valence-electron chi connectivity index (χ0n) is 12.6. The van der Waals surface area contributed by atoms with Gasteiger partial charge in [-0.3, -0.25) is 0 Å². The van der Waals surface area contributed by atoms with Crippen LogP contribution in [0.25, 0.3) is 5.57 Å². The summed E-state index contributed by atoms with van der Waals surface area (Å²) in [6.07, 6.45) is 8.63. The first kappa shape index (κ1) is 15.2. The molecule has 108 valence electrons. The van der Waals surface area contributed by atoms with Crippen molar-refractivity contribution in [2.75, 3.05) is 0 Å². The van der Waals surface area contributed by atoms with E-state index in [-0.39, 0.29) is 5.41 Å². The molecule has 0 heterocycles. The molecule has 1 nitrogen and oxygen atoms in total. The number of hydrogen-bond acceptors (Lipinski definition) is 1. The molecule has 3 rings (SSSR count). The average Bonchev–Trinajstić information content (AvgIpc) is 3.22. The Morgan fingerprint density at radius 2 is 1.95 bits per heavy atom. The minimum Gasteiger partial charge on any atom is -0.393 e. The molecule has 0 bridgehead atoms. The van der Waals surface area contributed by atoms with Crippen molar-refractivity contribution in [2.24, 2.45) is 17.1 Å². The molecule has 1 atom stereocenters. The third kappa shape index (κ3) is 3.92. The third-order valence-corrected chi connectivity index (χ3v) is 4.89.